The van der Waals surface area contributed by atoms with E-state index in [9.17, 15) is 5.11 Å². The second-order valence-electron chi connectivity index (χ2n) is 4.79. The molecule has 2 heterocycles. The molecule has 0 amide bonds. The van der Waals surface area contributed by atoms with E-state index in [2.05, 4.69) is 23.5 Å². The van der Waals surface area contributed by atoms with Gasteiger partial charge in [-0.3, -0.25) is 4.99 Å². The van der Waals surface area contributed by atoms with Crippen LogP contribution in [0.1, 0.15) is 26.7 Å². The van der Waals surface area contributed by atoms with Crippen molar-refractivity contribution in [3.05, 3.63) is 35.4 Å². The fourth-order valence-corrected chi connectivity index (χ4v) is 3.25. The van der Waals surface area contributed by atoms with Gasteiger partial charge >= 0.3 is 0 Å². The lowest BCUT2D eigenvalue weighted by Crippen LogP contribution is -2.35. The van der Waals surface area contributed by atoms with Crippen LogP contribution >= 0.6 is 11.8 Å². The van der Waals surface area contributed by atoms with Crippen molar-refractivity contribution in [2.24, 2.45) is 4.99 Å². The molecule has 0 aromatic rings. The summed E-state index contributed by atoms with van der Waals surface area (Å²) in [6, 6.07) is 0.382. The molecule has 0 aliphatic carbocycles. The summed E-state index contributed by atoms with van der Waals surface area (Å²) in [4.78, 5) is 4.53. The van der Waals surface area contributed by atoms with Crippen LogP contribution in [0.5, 0.6) is 0 Å². The Bertz CT molecular complexity index is 465. The molecule has 0 aromatic carbocycles. The number of allylic oxidation sites excluding steroid dienone is 3. The number of nitrogens with one attached hydrogen (secondary N) is 1. The molecule has 5 heteroatoms. The first-order valence-electron chi connectivity index (χ1n) is 6.56. The van der Waals surface area contributed by atoms with Crippen LogP contribution in [0.4, 0.5) is 0 Å². The van der Waals surface area contributed by atoms with Gasteiger partial charge in [-0.2, -0.15) is 0 Å². The largest absolute Gasteiger partial charge is 0.508 e. The van der Waals surface area contributed by atoms with Gasteiger partial charge in [-0.05, 0) is 25.0 Å². The van der Waals surface area contributed by atoms with E-state index < -0.39 is 0 Å². The standard InChI is InChI=1S/C14H21N3OS/c1-4-11-8-17(3)16-13(11)9-19-14-6-5-12(18)7-10(2)15-14/h5,7-8,13,16,18H,4,6,9H2,1-3H3. The van der Waals surface area contributed by atoms with Crippen molar-refractivity contribution < 1.29 is 5.11 Å². The topological polar surface area (TPSA) is 47.9 Å². The molecule has 2 N–H and O–H groups in total. The van der Waals surface area contributed by atoms with Gasteiger partial charge in [0.05, 0.1) is 11.1 Å². The molecular formula is C14H21N3OS. The maximum absolute atomic E-state index is 9.55. The van der Waals surface area contributed by atoms with Crippen LogP contribution in [0.15, 0.2) is 40.4 Å². The van der Waals surface area contributed by atoms with Crippen molar-refractivity contribution in [3.8, 4) is 0 Å². The first-order chi connectivity index (χ1) is 9.08. The van der Waals surface area contributed by atoms with Gasteiger partial charge in [0.25, 0.3) is 0 Å². The minimum absolute atomic E-state index is 0.310. The van der Waals surface area contributed by atoms with E-state index in [4.69, 9.17) is 0 Å². The summed E-state index contributed by atoms with van der Waals surface area (Å²) in [5.41, 5.74) is 5.70. The third-order valence-corrected chi connectivity index (χ3v) is 4.23. The van der Waals surface area contributed by atoms with Gasteiger partial charge in [-0.25, -0.2) is 5.43 Å². The number of aliphatic imine (C=N–C) groups is 1. The van der Waals surface area contributed by atoms with Crippen molar-refractivity contribution in [1.82, 2.24) is 10.4 Å². The van der Waals surface area contributed by atoms with Crippen molar-refractivity contribution in [2.45, 2.75) is 32.7 Å². The summed E-state index contributed by atoms with van der Waals surface area (Å²) in [5, 5.41) is 12.6. The van der Waals surface area contributed by atoms with E-state index in [0.29, 0.717) is 18.2 Å². The van der Waals surface area contributed by atoms with Gasteiger partial charge in [-0.15, -0.1) is 11.8 Å². The van der Waals surface area contributed by atoms with E-state index in [-0.39, 0.29) is 0 Å². The molecule has 0 saturated heterocycles. The summed E-state index contributed by atoms with van der Waals surface area (Å²) in [5.74, 6) is 1.27. The molecule has 0 fully saturated rings. The number of thioether (sulfide) groups is 1. The van der Waals surface area contributed by atoms with Gasteiger partial charge in [0.2, 0.25) is 0 Å². The number of nitrogens with zero attached hydrogens (tertiary/aromatic N) is 2. The summed E-state index contributed by atoms with van der Waals surface area (Å²) in [6.07, 6.45) is 7.45. The number of rotatable bonds is 3. The predicted octanol–water partition coefficient (Wildman–Crippen LogP) is 2.98. The first kappa shape index (κ1) is 14.2. The molecule has 4 nitrogen and oxygen atoms in total. The predicted molar refractivity (Wildman–Crippen MR) is 82.0 cm³/mol. The minimum Gasteiger partial charge on any atom is -0.508 e. The highest BCUT2D eigenvalue weighted by molar-refractivity contribution is 8.14. The number of hydrogen-bond acceptors (Lipinski definition) is 5. The minimum atomic E-state index is 0.310. The zero-order chi connectivity index (χ0) is 13.8. The van der Waals surface area contributed by atoms with Crippen molar-refractivity contribution >= 4 is 16.8 Å². The monoisotopic (exact) mass is 279 g/mol. The molecule has 0 spiro atoms. The normalized spacial score (nSPS) is 23.5. The summed E-state index contributed by atoms with van der Waals surface area (Å²) < 4.78 is 0. The number of hydrogen-bond donors (Lipinski definition) is 2. The summed E-state index contributed by atoms with van der Waals surface area (Å²) in [7, 11) is 2.02. The summed E-state index contributed by atoms with van der Waals surface area (Å²) in [6.45, 7) is 4.09. The van der Waals surface area contributed by atoms with Crippen molar-refractivity contribution in [2.75, 3.05) is 12.8 Å². The number of hydrazine groups is 1. The molecule has 104 valence electrons. The lowest BCUT2D eigenvalue weighted by atomic mass is 10.1. The highest BCUT2D eigenvalue weighted by atomic mass is 32.2. The molecule has 1 unspecified atom stereocenters. The lowest BCUT2D eigenvalue weighted by molar-refractivity contribution is 0.339. The number of aliphatic hydroxyl groups is 1. The third-order valence-electron chi connectivity index (χ3n) is 3.14. The van der Waals surface area contributed by atoms with Crippen LogP contribution in [0.3, 0.4) is 0 Å². The van der Waals surface area contributed by atoms with E-state index >= 15 is 0 Å². The smallest absolute Gasteiger partial charge is 0.113 e. The van der Waals surface area contributed by atoms with E-state index in [1.165, 1.54) is 5.57 Å². The van der Waals surface area contributed by atoms with Gasteiger partial charge in [-0.1, -0.05) is 6.92 Å². The first-order valence-corrected chi connectivity index (χ1v) is 7.54. The Morgan fingerprint density at radius 3 is 3.11 bits per heavy atom. The fraction of sp³-hybridized carbons (Fsp3) is 0.500. The van der Waals surface area contributed by atoms with Crippen LogP contribution in [0.25, 0.3) is 0 Å². The Labute approximate surface area is 118 Å². The maximum Gasteiger partial charge on any atom is 0.113 e. The van der Waals surface area contributed by atoms with Crippen molar-refractivity contribution in [3.63, 3.8) is 0 Å². The molecule has 2 aliphatic rings. The van der Waals surface area contributed by atoms with Gasteiger partial charge in [0, 0.05) is 37.2 Å². The van der Waals surface area contributed by atoms with Gasteiger partial charge < -0.3 is 10.1 Å². The molecule has 0 aromatic heterocycles. The summed E-state index contributed by atoms with van der Waals surface area (Å²) >= 11 is 1.76. The Balaban J connectivity index is 1.93. The third kappa shape index (κ3) is 3.88. The van der Waals surface area contributed by atoms with Gasteiger partial charge in [0.1, 0.15) is 5.76 Å². The SMILES string of the molecule is CCC1=CN(C)NC1CSC1=NC(C)=CC(O)=CC1. The average molecular weight is 279 g/mol. The van der Waals surface area contributed by atoms with Crippen LogP contribution < -0.4 is 5.43 Å². The van der Waals surface area contributed by atoms with E-state index in [1.54, 1.807) is 17.8 Å². The van der Waals surface area contributed by atoms with E-state index in [0.717, 1.165) is 22.9 Å². The Hall–Kier alpha value is -1.20. The highest BCUT2D eigenvalue weighted by Gasteiger charge is 2.21. The quantitative estimate of drug-likeness (QED) is 0.834. The highest BCUT2D eigenvalue weighted by Crippen LogP contribution is 2.22. The van der Waals surface area contributed by atoms with Crippen LogP contribution in [0.2, 0.25) is 0 Å². The van der Waals surface area contributed by atoms with Crippen LogP contribution in [0, 0.1) is 0 Å². The molecule has 1 atom stereocenters. The van der Waals surface area contributed by atoms with Crippen molar-refractivity contribution in [1.29, 1.82) is 0 Å². The van der Waals surface area contributed by atoms with E-state index in [1.807, 2.05) is 25.1 Å². The molecule has 0 bridgehead atoms. The Morgan fingerprint density at radius 2 is 2.37 bits per heavy atom. The molecule has 19 heavy (non-hydrogen) atoms. The second-order valence-corrected chi connectivity index (χ2v) is 5.88. The van der Waals surface area contributed by atoms with Gasteiger partial charge in [0.15, 0.2) is 0 Å². The molecule has 2 rings (SSSR count). The molecular weight excluding hydrogens is 258 g/mol. The number of aliphatic hydroxyl groups excluding tert-OH is 1. The van der Waals surface area contributed by atoms with Crippen LogP contribution in [-0.4, -0.2) is 34.0 Å². The molecule has 0 radical (unpaired) electrons. The Morgan fingerprint density at radius 1 is 1.58 bits per heavy atom. The maximum atomic E-state index is 9.55. The Kier molecular flexibility index (Phi) is 4.71. The molecule has 2 aliphatic heterocycles. The zero-order valence-electron chi connectivity index (χ0n) is 11.7. The molecule has 0 saturated carbocycles. The second kappa shape index (κ2) is 6.30. The zero-order valence-corrected chi connectivity index (χ0v) is 12.5. The fourth-order valence-electron chi connectivity index (χ4n) is 2.20. The average Bonchev–Trinajstić information content (AvgIpc) is 2.64. The lowest BCUT2D eigenvalue weighted by Gasteiger charge is -2.16. The van der Waals surface area contributed by atoms with Crippen LogP contribution in [-0.2, 0) is 0 Å².